The highest BCUT2D eigenvalue weighted by molar-refractivity contribution is 5.83. The van der Waals surface area contributed by atoms with Gasteiger partial charge in [-0.25, -0.2) is 0 Å². The highest BCUT2D eigenvalue weighted by Crippen LogP contribution is 2.15. The minimum absolute atomic E-state index is 0.0202. The molecule has 1 N–H and O–H groups in total. The number of nitrogens with one attached hydrogen (secondary N) is 1. The lowest BCUT2D eigenvalue weighted by molar-refractivity contribution is -0.129. The summed E-state index contributed by atoms with van der Waals surface area (Å²) < 4.78 is 5.00. The Kier molecular flexibility index (Phi) is 3.62. The van der Waals surface area contributed by atoms with Crippen molar-refractivity contribution in [2.75, 3.05) is 13.1 Å². The van der Waals surface area contributed by atoms with Gasteiger partial charge in [-0.15, -0.1) is 0 Å². The van der Waals surface area contributed by atoms with Gasteiger partial charge in [0.1, 0.15) is 0 Å². The largest absolute Gasteiger partial charge is 0.472 e. The molecule has 1 saturated heterocycles. The van der Waals surface area contributed by atoms with E-state index in [1.54, 1.807) is 12.5 Å². The fourth-order valence-corrected chi connectivity index (χ4v) is 2.01. The van der Waals surface area contributed by atoms with E-state index in [9.17, 15) is 4.79 Å². The molecule has 4 heteroatoms. The van der Waals surface area contributed by atoms with E-state index in [-0.39, 0.29) is 11.9 Å². The van der Waals surface area contributed by atoms with Crippen LogP contribution in [-0.4, -0.2) is 29.9 Å². The fraction of sp³-hybridized carbons (Fsp3) is 0.583. The Labute approximate surface area is 95.6 Å². The molecule has 88 valence electrons. The second-order valence-corrected chi connectivity index (χ2v) is 4.19. The molecule has 0 aliphatic carbocycles. The minimum Gasteiger partial charge on any atom is -0.472 e. The van der Waals surface area contributed by atoms with Crippen molar-refractivity contribution in [2.45, 2.75) is 32.4 Å². The Hall–Kier alpha value is -1.29. The van der Waals surface area contributed by atoms with E-state index in [2.05, 4.69) is 12.2 Å². The highest BCUT2D eigenvalue weighted by Gasteiger charge is 2.30. The van der Waals surface area contributed by atoms with Crippen LogP contribution in [0.25, 0.3) is 0 Å². The van der Waals surface area contributed by atoms with Crippen LogP contribution in [-0.2, 0) is 11.3 Å². The number of carbonyl (C=O) groups excluding carboxylic acids is 1. The molecule has 4 nitrogen and oxygen atoms in total. The molecular formula is C12H18N2O2. The van der Waals surface area contributed by atoms with Crippen LogP contribution in [0, 0.1) is 0 Å². The first-order chi connectivity index (χ1) is 7.81. The molecule has 1 aliphatic rings. The normalized spacial score (nSPS) is 20.7. The summed E-state index contributed by atoms with van der Waals surface area (Å²) in [6, 6.07) is 1.92. The summed E-state index contributed by atoms with van der Waals surface area (Å²) in [7, 11) is 0. The number of hydrogen-bond acceptors (Lipinski definition) is 3. The third-order valence-electron chi connectivity index (χ3n) is 2.89. The van der Waals surface area contributed by atoms with Gasteiger partial charge in [0.25, 0.3) is 0 Å². The molecule has 0 radical (unpaired) electrons. The van der Waals surface area contributed by atoms with Gasteiger partial charge in [0.2, 0.25) is 5.91 Å². The molecule has 0 bridgehead atoms. The molecule has 0 spiro atoms. The van der Waals surface area contributed by atoms with Crippen LogP contribution in [0.5, 0.6) is 0 Å². The van der Waals surface area contributed by atoms with E-state index in [0.29, 0.717) is 6.54 Å². The van der Waals surface area contributed by atoms with Gasteiger partial charge >= 0.3 is 0 Å². The molecule has 0 aromatic carbocycles. The maximum Gasteiger partial charge on any atom is 0.240 e. The van der Waals surface area contributed by atoms with Gasteiger partial charge in [0.05, 0.1) is 18.6 Å². The zero-order valence-electron chi connectivity index (χ0n) is 9.61. The van der Waals surface area contributed by atoms with Crippen molar-refractivity contribution < 1.29 is 9.21 Å². The average molecular weight is 222 g/mol. The zero-order valence-corrected chi connectivity index (χ0v) is 9.61. The predicted molar refractivity (Wildman–Crippen MR) is 60.8 cm³/mol. The molecule has 0 saturated carbocycles. The van der Waals surface area contributed by atoms with Crippen LogP contribution >= 0.6 is 0 Å². The molecule has 1 aromatic heterocycles. The number of carbonyl (C=O) groups is 1. The van der Waals surface area contributed by atoms with Gasteiger partial charge in [0, 0.05) is 18.7 Å². The Morgan fingerprint density at radius 2 is 2.50 bits per heavy atom. The maximum atomic E-state index is 12.0. The van der Waals surface area contributed by atoms with E-state index in [4.69, 9.17) is 4.42 Å². The molecule has 16 heavy (non-hydrogen) atoms. The summed E-state index contributed by atoms with van der Waals surface area (Å²) >= 11 is 0. The van der Waals surface area contributed by atoms with E-state index in [0.717, 1.165) is 31.5 Å². The molecule has 1 fully saturated rings. The number of amides is 1. The Bertz CT molecular complexity index is 335. The Balaban J connectivity index is 1.87. The molecule has 1 unspecified atom stereocenters. The van der Waals surface area contributed by atoms with E-state index >= 15 is 0 Å². The number of hydrogen-bond donors (Lipinski definition) is 1. The van der Waals surface area contributed by atoms with Gasteiger partial charge in [0.15, 0.2) is 0 Å². The lowest BCUT2D eigenvalue weighted by Gasteiger charge is -2.15. The summed E-state index contributed by atoms with van der Waals surface area (Å²) in [5.41, 5.74) is 1.06. The summed E-state index contributed by atoms with van der Waals surface area (Å²) in [4.78, 5) is 13.9. The topological polar surface area (TPSA) is 45.5 Å². The Morgan fingerprint density at radius 1 is 1.62 bits per heavy atom. The average Bonchev–Trinajstić information content (AvgIpc) is 2.89. The van der Waals surface area contributed by atoms with E-state index in [1.165, 1.54) is 0 Å². The van der Waals surface area contributed by atoms with Crippen molar-refractivity contribution in [2.24, 2.45) is 0 Å². The van der Waals surface area contributed by atoms with Crippen molar-refractivity contribution in [3.05, 3.63) is 24.2 Å². The quantitative estimate of drug-likeness (QED) is 0.818. The van der Waals surface area contributed by atoms with Crippen LogP contribution in [0.4, 0.5) is 0 Å². The third kappa shape index (κ3) is 2.44. The van der Waals surface area contributed by atoms with Crippen molar-refractivity contribution in [1.29, 1.82) is 0 Å². The summed E-state index contributed by atoms with van der Waals surface area (Å²) in [5.74, 6) is 0.217. The fourth-order valence-electron chi connectivity index (χ4n) is 2.01. The lowest BCUT2D eigenvalue weighted by atomic mass is 10.2. The van der Waals surface area contributed by atoms with Crippen LogP contribution < -0.4 is 5.32 Å². The van der Waals surface area contributed by atoms with Gasteiger partial charge < -0.3 is 14.6 Å². The first-order valence-electron chi connectivity index (χ1n) is 5.84. The molecule has 1 atom stereocenters. The van der Waals surface area contributed by atoms with Gasteiger partial charge in [-0.3, -0.25) is 4.79 Å². The lowest BCUT2D eigenvalue weighted by Crippen LogP contribution is -2.38. The summed E-state index contributed by atoms with van der Waals surface area (Å²) in [6.45, 7) is 4.52. The van der Waals surface area contributed by atoms with Crippen molar-refractivity contribution in [3.63, 3.8) is 0 Å². The number of furan rings is 1. The zero-order chi connectivity index (χ0) is 11.4. The third-order valence-corrected chi connectivity index (χ3v) is 2.89. The van der Waals surface area contributed by atoms with Crippen LogP contribution in [0.15, 0.2) is 23.0 Å². The molecule has 1 aliphatic heterocycles. The molecular weight excluding hydrogens is 204 g/mol. The standard InChI is InChI=1S/C12H18N2O2/c1-2-5-13-11-3-6-14(12(11)15)8-10-4-7-16-9-10/h4,7,9,11,13H,2-3,5-6,8H2,1H3. The van der Waals surface area contributed by atoms with E-state index in [1.807, 2.05) is 11.0 Å². The van der Waals surface area contributed by atoms with Crippen LogP contribution in [0.3, 0.4) is 0 Å². The van der Waals surface area contributed by atoms with Crippen molar-refractivity contribution >= 4 is 5.91 Å². The van der Waals surface area contributed by atoms with Crippen LogP contribution in [0.2, 0.25) is 0 Å². The monoisotopic (exact) mass is 222 g/mol. The Morgan fingerprint density at radius 3 is 3.19 bits per heavy atom. The first kappa shape index (κ1) is 11.2. The van der Waals surface area contributed by atoms with E-state index < -0.39 is 0 Å². The second kappa shape index (κ2) is 5.16. The van der Waals surface area contributed by atoms with Crippen molar-refractivity contribution in [3.8, 4) is 0 Å². The number of rotatable bonds is 5. The summed E-state index contributed by atoms with van der Waals surface area (Å²) in [6.07, 6.45) is 5.31. The minimum atomic E-state index is 0.0202. The molecule has 2 heterocycles. The van der Waals surface area contributed by atoms with Gasteiger partial charge in [-0.05, 0) is 25.5 Å². The SMILES string of the molecule is CCCNC1CCN(Cc2ccoc2)C1=O. The predicted octanol–water partition coefficient (Wildman–Crippen LogP) is 1.38. The van der Waals surface area contributed by atoms with Gasteiger partial charge in [-0.2, -0.15) is 0 Å². The smallest absolute Gasteiger partial charge is 0.240 e. The molecule has 2 rings (SSSR count). The molecule has 1 amide bonds. The van der Waals surface area contributed by atoms with Crippen LogP contribution in [0.1, 0.15) is 25.3 Å². The summed E-state index contributed by atoms with van der Waals surface area (Å²) in [5, 5.41) is 3.28. The molecule has 1 aromatic rings. The number of nitrogens with zero attached hydrogens (tertiary/aromatic N) is 1. The van der Waals surface area contributed by atoms with Crippen molar-refractivity contribution in [1.82, 2.24) is 10.2 Å². The second-order valence-electron chi connectivity index (χ2n) is 4.19. The first-order valence-corrected chi connectivity index (χ1v) is 5.84. The maximum absolute atomic E-state index is 12.0. The number of likely N-dealkylation sites (tertiary alicyclic amines) is 1. The van der Waals surface area contributed by atoms with Gasteiger partial charge in [-0.1, -0.05) is 6.92 Å². The highest BCUT2D eigenvalue weighted by atomic mass is 16.3.